The Labute approximate surface area is 55.6 Å². The predicted molar refractivity (Wildman–Crippen MR) is 39.2 cm³/mol. The quantitative estimate of drug-likeness (QED) is 0.458. The van der Waals surface area contributed by atoms with Gasteiger partial charge in [0.2, 0.25) is 0 Å². The number of rotatable bonds is 0. The van der Waals surface area contributed by atoms with Gasteiger partial charge in [-0.1, -0.05) is 12.2 Å². The molecule has 0 atom stereocenters. The van der Waals surface area contributed by atoms with E-state index < -0.39 is 0 Å². The van der Waals surface area contributed by atoms with E-state index in [0.29, 0.717) is 0 Å². The van der Waals surface area contributed by atoms with Gasteiger partial charge in [-0.3, -0.25) is 0 Å². The van der Waals surface area contributed by atoms with Gasteiger partial charge in [0, 0.05) is 0 Å². The summed E-state index contributed by atoms with van der Waals surface area (Å²) >= 11 is 0. The molecule has 0 nitrogen and oxygen atoms in total. The second kappa shape index (κ2) is 1.38. The van der Waals surface area contributed by atoms with Crippen LogP contribution in [0.4, 0.5) is 0 Å². The molecule has 0 saturated heterocycles. The topological polar surface area (TPSA) is 0 Å². The molecule has 2 aliphatic rings. The van der Waals surface area contributed by atoms with Crippen molar-refractivity contribution < 1.29 is 0 Å². The molecule has 0 N–H and O–H groups in total. The minimum atomic E-state index is 1.21. The highest BCUT2D eigenvalue weighted by Crippen LogP contribution is 2.37. The van der Waals surface area contributed by atoms with Gasteiger partial charge in [-0.15, -0.1) is 0 Å². The van der Waals surface area contributed by atoms with E-state index in [9.17, 15) is 0 Å². The molecule has 2 aliphatic carbocycles. The lowest BCUT2D eigenvalue weighted by Gasteiger charge is -1.99. The second-order valence-electron chi connectivity index (χ2n) is 2.81. The Hall–Kier alpha value is -0.780. The van der Waals surface area contributed by atoms with E-state index in [1.165, 1.54) is 28.7 Å². The average Bonchev–Trinajstić information content (AvgIpc) is 2.37. The van der Waals surface area contributed by atoms with Gasteiger partial charge in [0.25, 0.3) is 0 Å². The lowest BCUT2D eigenvalue weighted by Crippen LogP contribution is -1.79. The van der Waals surface area contributed by atoms with Crippen molar-refractivity contribution >= 4 is 0 Å². The van der Waals surface area contributed by atoms with Gasteiger partial charge in [0.15, 0.2) is 0 Å². The summed E-state index contributed by atoms with van der Waals surface area (Å²) in [5.74, 6) is 0. The van der Waals surface area contributed by atoms with Crippen LogP contribution >= 0.6 is 0 Å². The minimum Gasteiger partial charge on any atom is -0.0581 e. The SMILES string of the molecule is CC1=C2C=CC(=C1C)C2. The summed E-state index contributed by atoms with van der Waals surface area (Å²) in [6.07, 6.45) is 5.67. The van der Waals surface area contributed by atoms with E-state index in [1.54, 1.807) is 0 Å². The molecule has 0 heteroatoms. The summed E-state index contributed by atoms with van der Waals surface area (Å²) in [4.78, 5) is 0. The Morgan fingerprint density at radius 3 is 1.67 bits per heavy atom. The zero-order chi connectivity index (χ0) is 6.43. The Bertz CT molecular complexity index is 223. The van der Waals surface area contributed by atoms with Crippen LogP contribution in [0.5, 0.6) is 0 Å². The minimum absolute atomic E-state index is 1.21. The molecule has 2 rings (SSSR count). The molecule has 0 aromatic rings. The maximum atomic E-state index is 2.23. The van der Waals surface area contributed by atoms with Crippen LogP contribution in [-0.2, 0) is 0 Å². The monoisotopic (exact) mass is 118 g/mol. The molecular weight excluding hydrogens is 108 g/mol. The summed E-state index contributed by atoms with van der Waals surface area (Å²) in [6, 6.07) is 0. The van der Waals surface area contributed by atoms with Crippen molar-refractivity contribution in [3.63, 3.8) is 0 Å². The first-order valence-electron chi connectivity index (χ1n) is 3.37. The van der Waals surface area contributed by atoms with Crippen molar-refractivity contribution in [2.45, 2.75) is 20.3 Å². The third-order valence-electron chi connectivity index (χ3n) is 2.39. The van der Waals surface area contributed by atoms with E-state index in [1.807, 2.05) is 0 Å². The fraction of sp³-hybridized carbons (Fsp3) is 0.333. The molecule has 0 radical (unpaired) electrons. The summed E-state index contributed by atoms with van der Waals surface area (Å²) in [6.45, 7) is 4.42. The van der Waals surface area contributed by atoms with Crippen molar-refractivity contribution in [1.82, 2.24) is 0 Å². The van der Waals surface area contributed by atoms with Crippen LogP contribution in [0, 0.1) is 0 Å². The Balaban J connectivity index is 2.66. The maximum absolute atomic E-state index is 2.23. The lowest BCUT2D eigenvalue weighted by molar-refractivity contribution is 1.30. The first kappa shape index (κ1) is 5.04. The summed E-state index contributed by atoms with van der Waals surface area (Å²) in [7, 11) is 0. The van der Waals surface area contributed by atoms with Crippen LogP contribution in [0.15, 0.2) is 34.4 Å². The lowest BCUT2D eigenvalue weighted by atomic mass is 10.1. The van der Waals surface area contributed by atoms with Crippen LogP contribution in [0.3, 0.4) is 0 Å². The van der Waals surface area contributed by atoms with Gasteiger partial charge in [0.05, 0.1) is 0 Å². The van der Waals surface area contributed by atoms with E-state index in [-0.39, 0.29) is 0 Å². The smallest absolute Gasteiger partial charge is 0.00203 e. The molecule has 0 unspecified atom stereocenters. The zero-order valence-corrected chi connectivity index (χ0v) is 5.86. The van der Waals surface area contributed by atoms with E-state index in [0.717, 1.165) is 0 Å². The Morgan fingerprint density at radius 1 is 1.00 bits per heavy atom. The molecule has 0 aliphatic heterocycles. The number of fused-ring (bicyclic) bond motifs is 2. The summed E-state index contributed by atoms with van der Waals surface area (Å²) in [5.41, 5.74) is 6.07. The van der Waals surface area contributed by atoms with Crippen LogP contribution in [-0.4, -0.2) is 0 Å². The van der Waals surface area contributed by atoms with Crippen molar-refractivity contribution in [1.29, 1.82) is 0 Å². The first-order chi connectivity index (χ1) is 4.29. The van der Waals surface area contributed by atoms with Crippen molar-refractivity contribution in [2.24, 2.45) is 0 Å². The van der Waals surface area contributed by atoms with Gasteiger partial charge in [-0.2, -0.15) is 0 Å². The Morgan fingerprint density at radius 2 is 1.44 bits per heavy atom. The van der Waals surface area contributed by atoms with E-state index >= 15 is 0 Å². The number of hydrogen-bond donors (Lipinski definition) is 0. The van der Waals surface area contributed by atoms with E-state index in [2.05, 4.69) is 26.0 Å². The molecule has 2 bridgehead atoms. The molecule has 46 valence electrons. The third-order valence-corrected chi connectivity index (χ3v) is 2.39. The van der Waals surface area contributed by atoms with Gasteiger partial charge in [0.1, 0.15) is 0 Å². The van der Waals surface area contributed by atoms with Crippen molar-refractivity contribution in [3.05, 3.63) is 34.4 Å². The van der Waals surface area contributed by atoms with Crippen LogP contribution < -0.4 is 0 Å². The van der Waals surface area contributed by atoms with Crippen molar-refractivity contribution in [2.75, 3.05) is 0 Å². The third kappa shape index (κ3) is 0.481. The summed E-state index contributed by atoms with van der Waals surface area (Å²) in [5, 5.41) is 0. The molecule has 0 fully saturated rings. The zero-order valence-electron chi connectivity index (χ0n) is 5.86. The fourth-order valence-corrected chi connectivity index (χ4v) is 1.52. The molecule has 0 spiro atoms. The highest BCUT2D eigenvalue weighted by atomic mass is 14.2. The number of hydrogen-bond acceptors (Lipinski definition) is 0. The standard InChI is InChI=1S/C9H10/c1-6-7(2)9-4-3-8(6)5-9/h3-4H,5H2,1-2H3. The van der Waals surface area contributed by atoms with E-state index in [4.69, 9.17) is 0 Å². The average molecular weight is 118 g/mol. The number of allylic oxidation sites excluding steroid dienone is 6. The van der Waals surface area contributed by atoms with Gasteiger partial charge in [-0.25, -0.2) is 0 Å². The van der Waals surface area contributed by atoms with Crippen LogP contribution in [0.2, 0.25) is 0 Å². The first-order valence-corrected chi connectivity index (χ1v) is 3.37. The Kier molecular flexibility index (Phi) is 0.774. The molecule has 0 heterocycles. The largest absolute Gasteiger partial charge is 0.0581 e. The highest BCUT2D eigenvalue weighted by Gasteiger charge is 2.18. The molecule has 9 heavy (non-hydrogen) atoms. The van der Waals surface area contributed by atoms with Gasteiger partial charge in [-0.05, 0) is 42.6 Å². The van der Waals surface area contributed by atoms with Crippen molar-refractivity contribution in [3.8, 4) is 0 Å². The molecule has 0 amide bonds. The molecule has 0 aromatic carbocycles. The predicted octanol–water partition coefficient (Wildman–Crippen LogP) is 2.59. The van der Waals surface area contributed by atoms with Gasteiger partial charge < -0.3 is 0 Å². The molecular formula is C9H10. The normalized spacial score (nSPS) is 22.9. The van der Waals surface area contributed by atoms with Gasteiger partial charge >= 0.3 is 0 Å². The molecule has 0 aromatic heterocycles. The van der Waals surface area contributed by atoms with Crippen LogP contribution in [0.25, 0.3) is 0 Å². The fourth-order valence-electron chi connectivity index (χ4n) is 1.52. The maximum Gasteiger partial charge on any atom is -0.00203 e. The summed E-state index contributed by atoms with van der Waals surface area (Å²) < 4.78 is 0. The van der Waals surface area contributed by atoms with Crippen LogP contribution in [0.1, 0.15) is 20.3 Å². The second-order valence-corrected chi connectivity index (χ2v) is 2.81. The highest BCUT2D eigenvalue weighted by molar-refractivity contribution is 5.58. The molecule has 0 saturated carbocycles.